The summed E-state index contributed by atoms with van der Waals surface area (Å²) in [5.74, 6) is 0.558. The van der Waals surface area contributed by atoms with Crippen LogP contribution in [-0.4, -0.2) is 18.5 Å². The number of carbonyl (C=O) groups is 1. The van der Waals surface area contributed by atoms with Crippen molar-refractivity contribution in [3.63, 3.8) is 0 Å². The van der Waals surface area contributed by atoms with Crippen LogP contribution in [0.2, 0.25) is 0 Å². The van der Waals surface area contributed by atoms with Gasteiger partial charge in [0.1, 0.15) is 0 Å². The highest BCUT2D eigenvalue weighted by Gasteiger charge is 2.27. The molecule has 3 nitrogen and oxygen atoms in total. The van der Waals surface area contributed by atoms with Crippen LogP contribution in [0.25, 0.3) is 0 Å². The Bertz CT molecular complexity index is 266. The molecule has 1 aliphatic rings. The van der Waals surface area contributed by atoms with Crippen LogP contribution in [0, 0.1) is 11.3 Å². The zero-order chi connectivity index (χ0) is 12.2. The lowest BCUT2D eigenvalue weighted by Crippen LogP contribution is -2.49. The Labute approximate surface area is 98.5 Å². The van der Waals surface area contributed by atoms with E-state index in [0.29, 0.717) is 5.92 Å². The molecule has 1 aliphatic carbocycles. The highest BCUT2D eigenvalue weighted by molar-refractivity contribution is 5.82. The molecule has 0 spiro atoms. The summed E-state index contributed by atoms with van der Waals surface area (Å²) >= 11 is 0. The minimum Gasteiger partial charge on any atom is -0.354 e. The van der Waals surface area contributed by atoms with Gasteiger partial charge in [-0.1, -0.05) is 32.9 Å². The van der Waals surface area contributed by atoms with Gasteiger partial charge in [-0.3, -0.25) is 4.79 Å². The second-order valence-corrected chi connectivity index (χ2v) is 5.74. The Morgan fingerprint density at radius 1 is 1.50 bits per heavy atom. The standard InChI is InChI=1S/C13H24N2O/c1-13(2,3)11(14)12(16)15-9-10-7-5-4-6-8-10/h4-5,10-11H,6-9,14H2,1-3H3,(H,15,16)/t10?,11-/m1/s1. The Balaban J connectivity index is 2.32. The van der Waals surface area contributed by atoms with E-state index in [2.05, 4.69) is 17.5 Å². The van der Waals surface area contributed by atoms with E-state index in [9.17, 15) is 4.79 Å². The second-order valence-electron chi connectivity index (χ2n) is 5.74. The van der Waals surface area contributed by atoms with Crippen LogP contribution in [0.1, 0.15) is 40.0 Å². The third-order valence-electron chi connectivity index (χ3n) is 3.16. The number of hydrogen-bond donors (Lipinski definition) is 2. The zero-order valence-corrected chi connectivity index (χ0v) is 10.6. The van der Waals surface area contributed by atoms with Gasteiger partial charge < -0.3 is 11.1 Å². The van der Waals surface area contributed by atoms with Crippen molar-refractivity contribution in [3.05, 3.63) is 12.2 Å². The maximum absolute atomic E-state index is 11.8. The summed E-state index contributed by atoms with van der Waals surface area (Å²) in [5, 5.41) is 2.96. The van der Waals surface area contributed by atoms with E-state index >= 15 is 0 Å². The molecule has 0 aromatic rings. The summed E-state index contributed by atoms with van der Waals surface area (Å²) in [6, 6.07) is -0.424. The van der Waals surface area contributed by atoms with E-state index in [1.165, 1.54) is 6.42 Å². The summed E-state index contributed by atoms with van der Waals surface area (Å²) in [6.45, 7) is 6.72. The molecule has 0 aliphatic heterocycles. The molecule has 1 unspecified atom stereocenters. The van der Waals surface area contributed by atoms with E-state index in [-0.39, 0.29) is 11.3 Å². The summed E-state index contributed by atoms with van der Waals surface area (Å²) < 4.78 is 0. The van der Waals surface area contributed by atoms with E-state index in [4.69, 9.17) is 5.73 Å². The van der Waals surface area contributed by atoms with Crippen LogP contribution in [-0.2, 0) is 4.79 Å². The first kappa shape index (κ1) is 13.2. The molecule has 16 heavy (non-hydrogen) atoms. The molecule has 0 saturated carbocycles. The fourth-order valence-electron chi connectivity index (χ4n) is 1.79. The third-order valence-corrected chi connectivity index (χ3v) is 3.16. The van der Waals surface area contributed by atoms with E-state index in [1.807, 2.05) is 20.8 Å². The first-order valence-electron chi connectivity index (χ1n) is 6.09. The van der Waals surface area contributed by atoms with Crippen molar-refractivity contribution in [2.45, 2.75) is 46.1 Å². The molecule has 0 fully saturated rings. The highest BCUT2D eigenvalue weighted by Crippen LogP contribution is 2.19. The predicted molar refractivity (Wildman–Crippen MR) is 66.9 cm³/mol. The molecule has 1 rings (SSSR count). The highest BCUT2D eigenvalue weighted by atomic mass is 16.2. The molecule has 92 valence electrons. The van der Waals surface area contributed by atoms with Crippen molar-refractivity contribution in [1.82, 2.24) is 5.32 Å². The molecule has 0 saturated heterocycles. The van der Waals surface area contributed by atoms with Gasteiger partial charge in [0.05, 0.1) is 6.04 Å². The first-order valence-corrected chi connectivity index (χ1v) is 6.09. The number of nitrogens with two attached hydrogens (primary N) is 1. The van der Waals surface area contributed by atoms with Crippen LogP contribution < -0.4 is 11.1 Å². The van der Waals surface area contributed by atoms with Crippen molar-refractivity contribution >= 4 is 5.91 Å². The number of rotatable bonds is 3. The first-order chi connectivity index (χ1) is 7.41. The van der Waals surface area contributed by atoms with Gasteiger partial charge in [0.2, 0.25) is 5.91 Å². The lowest BCUT2D eigenvalue weighted by atomic mass is 9.86. The largest absolute Gasteiger partial charge is 0.354 e. The number of allylic oxidation sites excluding steroid dienone is 2. The summed E-state index contributed by atoms with van der Waals surface area (Å²) in [7, 11) is 0. The number of carbonyl (C=O) groups excluding carboxylic acids is 1. The zero-order valence-electron chi connectivity index (χ0n) is 10.6. The topological polar surface area (TPSA) is 55.1 Å². The van der Waals surface area contributed by atoms with Gasteiger partial charge in [-0.25, -0.2) is 0 Å². The van der Waals surface area contributed by atoms with Crippen molar-refractivity contribution in [2.24, 2.45) is 17.1 Å². The average Bonchev–Trinajstić information content (AvgIpc) is 2.25. The minimum atomic E-state index is -0.424. The number of hydrogen-bond acceptors (Lipinski definition) is 2. The minimum absolute atomic E-state index is 0.0259. The Kier molecular flexibility index (Phi) is 4.54. The second kappa shape index (κ2) is 5.48. The van der Waals surface area contributed by atoms with Crippen LogP contribution in [0.15, 0.2) is 12.2 Å². The molecule has 3 N–H and O–H groups in total. The van der Waals surface area contributed by atoms with E-state index in [1.54, 1.807) is 0 Å². The van der Waals surface area contributed by atoms with Crippen molar-refractivity contribution in [1.29, 1.82) is 0 Å². The SMILES string of the molecule is CC(C)(C)[C@H](N)C(=O)NCC1CC=CCC1. The molecular formula is C13H24N2O. The van der Waals surface area contributed by atoms with E-state index < -0.39 is 6.04 Å². The van der Waals surface area contributed by atoms with Crippen molar-refractivity contribution in [3.8, 4) is 0 Å². The predicted octanol–water partition coefficient (Wildman–Crippen LogP) is 1.83. The molecule has 0 aromatic heterocycles. The van der Waals surface area contributed by atoms with Gasteiger partial charge in [-0.2, -0.15) is 0 Å². The molecule has 0 radical (unpaired) electrons. The van der Waals surface area contributed by atoms with Crippen LogP contribution in [0.4, 0.5) is 0 Å². The molecule has 3 heteroatoms. The Morgan fingerprint density at radius 2 is 2.19 bits per heavy atom. The quantitative estimate of drug-likeness (QED) is 0.719. The number of nitrogens with one attached hydrogen (secondary N) is 1. The maximum Gasteiger partial charge on any atom is 0.237 e. The molecule has 0 bridgehead atoms. The summed E-state index contributed by atoms with van der Waals surface area (Å²) in [4.78, 5) is 11.8. The smallest absolute Gasteiger partial charge is 0.237 e. The molecule has 0 heterocycles. The summed E-state index contributed by atoms with van der Waals surface area (Å²) in [6.07, 6.45) is 7.78. The van der Waals surface area contributed by atoms with Crippen molar-refractivity contribution in [2.75, 3.05) is 6.54 Å². The van der Waals surface area contributed by atoms with Gasteiger partial charge in [-0.15, -0.1) is 0 Å². The van der Waals surface area contributed by atoms with Gasteiger partial charge in [-0.05, 0) is 30.6 Å². The van der Waals surface area contributed by atoms with Gasteiger partial charge >= 0.3 is 0 Å². The van der Waals surface area contributed by atoms with Crippen LogP contribution in [0.3, 0.4) is 0 Å². The van der Waals surface area contributed by atoms with Gasteiger partial charge in [0.25, 0.3) is 0 Å². The van der Waals surface area contributed by atoms with Crippen LogP contribution >= 0.6 is 0 Å². The maximum atomic E-state index is 11.8. The monoisotopic (exact) mass is 224 g/mol. The van der Waals surface area contributed by atoms with E-state index in [0.717, 1.165) is 19.4 Å². The summed E-state index contributed by atoms with van der Waals surface area (Å²) in [5.41, 5.74) is 5.71. The van der Waals surface area contributed by atoms with Gasteiger partial charge in [0, 0.05) is 6.54 Å². The molecule has 0 aromatic carbocycles. The molecular weight excluding hydrogens is 200 g/mol. The number of amides is 1. The fraction of sp³-hybridized carbons (Fsp3) is 0.769. The Morgan fingerprint density at radius 3 is 2.69 bits per heavy atom. The molecule has 2 atom stereocenters. The third kappa shape index (κ3) is 3.97. The van der Waals surface area contributed by atoms with Crippen LogP contribution in [0.5, 0.6) is 0 Å². The molecule has 1 amide bonds. The Hall–Kier alpha value is -0.830. The fourth-order valence-corrected chi connectivity index (χ4v) is 1.79. The average molecular weight is 224 g/mol. The lowest BCUT2D eigenvalue weighted by molar-refractivity contribution is -0.124. The van der Waals surface area contributed by atoms with Gasteiger partial charge in [0.15, 0.2) is 0 Å². The lowest BCUT2D eigenvalue weighted by Gasteiger charge is -2.27. The normalized spacial score (nSPS) is 22.9. The van der Waals surface area contributed by atoms with Crippen molar-refractivity contribution < 1.29 is 4.79 Å².